The van der Waals surface area contributed by atoms with Crippen LogP contribution in [0.5, 0.6) is 0 Å². The van der Waals surface area contributed by atoms with Gasteiger partial charge in [0, 0.05) is 15.5 Å². The molecule has 0 aliphatic rings. The lowest BCUT2D eigenvalue weighted by Gasteiger charge is -2.19. The van der Waals surface area contributed by atoms with Crippen LogP contribution in [0.4, 0.5) is 5.69 Å². The maximum absolute atomic E-state index is 11.6. The smallest absolute Gasteiger partial charge is 0.308 e. The van der Waals surface area contributed by atoms with Crippen molar-refractivity contribution in [3.8, 4) is 0 Å². The lowest BCUT2D eigenvalue weighted by Crippen LogP contribution is -2.25. The zero-order valence-corrected chi connectivity index (χ0v) is 14.8. The van der Waals surface area contributed by atoms with Crippen LogP contribution in [0.15, 0.2) is 21.1 Å². The van der Waals surface area contributed by atoms with Crippen molar-refractivity contribution in [1.29, 1.82) is 0 Å². The summed E-state index contributed by atoms with van der Waals surface area (Å²) in [4.78, 5) is 11.6. The zero-order chi connectivity index (χ0) is 14.6. The first-order chi connectivity index (χ1) is 8.69. The molecule has 0 saturated heterocycles. The number of hydrogen-bond donors (Lipinski definition) is 1. The first-order valence-electron chi connectivity index (χ1n) is 6.10. The number of carbonyl (C=O) groups is 1. The minimum absolute atomic E-state index is 0.195. The average Bonchev–Trinajstić information content (AvgIpc) is 2.19. The molecule has 0 aliphatic heterocycles. The summed E-state index contributed by atoms with van der Waals surface area (Å²) in [5.41, 5.74) is 1.69. The lowest BCUT2D eigenvalue weighted by atomic mass is 10.2. The molecule has 0 saturated carbocycles. The fourth-order valence-corrected chi connectivity index (χ4v) is 3.25. The van der Waals surface area contributed by atoms with Crippen molar-refractivity contribution in [2.45, 2.75) is 39.7 Å². The Balaban J connectivity index is 2.52. The van der Waals surface area contributed by atoms with E-state index in [0.29, 0.717) is 13.0 Å². The van der Waals surface area contributed by atoms with E-state index in [-0.39, 0.29) is 5.97 Å². The predicted molar refractivity (Wildman–Crippen MR) is 85.5 cm³/mol. The SMILES string of the molecule is Cc1cc(Br)c(NCCC(=O)OC(C)(C)C)c(Br)c1. The summed E-state index contributed by atoms with van der Waals surface area (Å²) in [6, 6.07) is 4.06. The molecule has 0 bridgehead atoms. The maximum Gasteiger partial charge on any atom is 0.308 e. The zero-order valence-electron chi connectivity index (χ0n) is 11.6. The third-order valence-electron chi connectivity index (χ3n) is 2.24. The number of anilines is 1. The van der Waals surface area contributed by atoms with Crippen LogP contribution in [-0.2, 0) is 9.53 Å². The van der Waals surface area contributed by atoms with Crippen LogP contribution in [0.1, 0.15) is 32.8 Å². The molecule has 1 N–H and O–H groups in total. The minimum Gasteiger partial charge on any atom is -0.460 e. The summed E-state index contributed by atoms with van der Waals surface area (Å²) < 4.78 is 7.20. The molecule has 0 heterocycles. The third kappa shape index (κ3) is 5.95. The van der Waals surface area contributed by atoms with Gasteiger partial charge < -0.3 is 10.1 Å². The Kier molecular flexibility index (Phi) is 5.86. The highest BCUT2D eigenvalue weighted by Crippen LogP contribution is 2.32. The standard InChI is InChI=1S/C14H19Br2NO2/c1-9-7-10(15)13(11(16)8-9)17-6-5-12(18)19-14(2,3)4/h7-8,17H,5-6H2,1-4H3. The number of ether oxygens (including phenoxy) is 1. The predicted octanol–water partition coefficient (Wildman–Crippen LogP) is 4.66. The molecule has 0 atom stereocenters. The molecule has 1 aromatic carbocycles. The van der Waals surface area contributed by atoms with E-state index in [1.807, 2.05) is 39.8 Å². The van der Waals surface area contributed by atoms with Gasteiger partial charge in [0.15, 0.2) is 0 Å². The second kappa shape index (κ2) is 6.75. The Labute approximate surface area is 131 Å². The normalized spacial score (nSPS) is 11.3. The van der Waals surface area contributed by atoms with Gasteiger partial charge in [-0.15, -0.1) is 0 Å². The van der Waals surface area contributed by atoms with Crippen molar-refractivity contribution >= 4 is 43.5 Å². The van der Waals surface area contributed by atoms with E-state index < -0.39 is 5.60 Å². The summed E-state index contributed by atoms with van der Waals surface area (Å²) in [5, 5.41) is 3.23. The van der Waals surface area contributed by atoms with Gasteiger partial charge in [-0.05, 0) is 77.3 Å². The lowest BCUT2D eigenvalue weighted by molar-refractivity contribution is -0.154. The van der Waals surface area contributed by atoms with Gasteiger partial charge in [0.05, 0.1) is 12.1 Å². The molecule has 0 aliphatic carbocycles. The summed E-state index contributed by atoms with van der Waals surface area (Å²) in [7, 11) is 0. The highest BCUT2D eigenvalue weighted by Gasteiger charge is 2.16. The number of rotatable bonds is 4. The first-order valence-corrected chi connectivity index (χ1v) is 7.69. The molecular formula is C14H19Br2NO2. The number of halogens is 2. The molecule has 0 unspecified atom stereocenters. The molecule has 0 fully saturated rings. The van der Waals surface area contributed by atoms with Gasteiger partial charge in [0.1, 0.15) is 5.60 Å². The topological polar surface area (TPSA) is 38.3 Å². The highest BCUT2D eigenvalue weighted by molar-refractivity contribution is 9.11. The van der Waals surface area contributed by atoms with Crippen LogP contribution in [0.25, 0.3) is 0 Å². The number of carbonyl (C=O) groups excluding carboxylic acids is 1. The molecule has 0 amide bonds. The van der Waals surface area contributed by atoms with E-state index in [1.165, 1.54) is 0 Å². The Morgan fingerprint density at radius 3 is 2.26 bits per heavy atom. The number of esters is 1. The molecular weight excluding hydrogens is 374 g/mol. The Hall–Kier alpha value is -0.550. The van der Waals surface area contributed by atoms with Crippen LogP contribution >= 0.6 is 31.9 Å². The van der Waals surface area contributed by atoms with Crippen LogP contribution in [0, 0.1) is 6.92 Å². The van der Waals surface area contributed by atoms with Crippen molar-refractivity contribution in [1.82, 2.24) is 0 Å². The molecule has 0 spiro atoms. The molecule has 1 rings (SSSR count). The van der Waals surface area contributed by atoms with Gasteiger partial charge in [0.25, 0.3) is 0 Å². The van der Waals surface area contributed by atoms with E-state index in [2.05, 4.69) is 37.2 Å². The van der Waals surface area contributed by atoms with Gasteiger partial charge >= 0.3 is 5.97 Å². The van der Waals surface area contributed by atoms with Gasteiger partial charge in [-0.1, -0.05) is 0 Å². The first kappa shape index (κ1) is 16.5. The van der Waals surface area contributed by atoms with Crippen molar-refractivity contribution in [3.63, 3.8) is 0 Å². The largest absolute Gasteiger partial charge is 0.460 e. The Bertz CT molecular complexity index is 444. The summed E-state index contributed by atoms with van der Waals surface area (Å²) >= 11 is 7.01. The van der Waals surface area contributed by atoms with Crippen LogP contribution in [0.3, 0.4) is 0 Å². The van der Waals surface area contributed by atoms with Crippen molar-refractivity contribution in [3.05, 3.63) is 26.6 Å². The van der Waals surface area contributed by atoms with Crippen LogP contribution in [0.2, 0.25) is 0 Å². The number of aryl methyl sites for hydroxylation is 1. The van der Waals surface area contributed by atoms with E-state index >= 15 is 0 Å². The molecule has 3 nitrogen and oxygen atoms in total. The number of nitrogens with one attached hydrogen (secondary N) is 1. The second-order valence-electron chi connectivity index (χ2n) is 5.37. The molecule has 5 heteroatoms. The van der Waals surface area contributed by atoms with Crippen LogP contribution in [-0.4, -0.2) is 18.1 Å². The highest BCUT2D eigenvalue weighted by atomic mass is 79.9. The summed E-state index contributed by atoms with van der Waals surface area (Å²) in [5.74, 6) is -0.195. The fourth-order valence-electron chi connectivity index (χ4n) is 1.55. The molecule has 106 valence electrons. The average molecular weight is 393 g/mol. The van der Waals surface area contributed by atoms with Gasteiger partial charge in [-0.2, -0.15) is 0 Å². The molecule has 0 radical (unpaired) electrons. The summed E-state index contributed by atoms with van der Waals surface area (Å²) in [6.45, 7) is 8.16. The van der Waals surface area contributed by atoms with Crippen LogP contribution < -0.4 is 5.32 Å². The number of hydrogen-bond acceptors (Lipinski definition) is 3. The van der Waals surface area contributed by atoms with Crippen molar-refractivity contribution in [2.24, 2.45) is 0 Å². The fraction of sp³-hybridized carbons (Fsp3) is 0.500. The monoisotopic (exact) mass is 391 g/mol. The maximum atomic E-state index is 11.6. The van der Waals surface area contributed by atoms with E-state index in [0.717, 1.165) is 20.2 Å². The van der Waals surface area contributed by atoms with Crippen molar-refractivity contribution in [2.75, 3.05) is 11.9 Å². The van der Waals surface area contributed by atoms with E-state index in [1.54, 1.807) is 0 Å². The Morgan fingerprint density at radius 2 is 1.79 bits per heavy atom. The quantitative estimate of drug-likeness (QED) is 0.757. The third-order valence-corrected chi connectivity index (χ3v) is 3.49. The summed E-state index contributed by atoms with van der Waals surface area (Å²) in [6.07, 6.45) is 0.337. The van der Waals surface area contributed by atoms with E-state index in [4.69, 9.17) is 4.74 Å². The van der Waals surface area contributed by atoms with Gasteiger partial charge in [-0.25, -0.2) is 0 Å². The van der Waals surface area contributed by atoms with Gasteiger partial charge in [-0.3, -0.25) is 4.79 Å². The van der Waals surface area contributed by atoms with Crippen molar-refractivity contribution < 1.29 is 9.53 Å². The minimum atomic E-state index is -0.428. The Morgan fingerprint density at radius 1 is 1.26 bits per heavy atom. The second-order valence-corrected chi connectivity index (χ2v) is 7.08. The van der Waals surface area contributed by atoms with Gasteiger partial charge in [0.2, 0.25) is 0 Å². The molecule has 19 heavy (non-hydrogen) atoms. The molecule has 0 aromatic heterocycles. The molecule has 1 aromatic rings. The van der Waals surface area contributed by atoms with E-state index in [9.17, 15) is 4.79 Å². The number of benzene rings is 1.